The zero-order chi connectivity index (χ0) is 26.3. The topological polar surface area (TPSA) is 71.1 Å². The van der Waals surface area contributed by atoms with Gasteiger partial charge in [-0.1, -0.05) is 90.9 Å². The van der Waals surface area contributed by atoms with E-state index < -0.39 is 11.9 Å². The zero-order valence-electron chi connectivity index (χ0n) is 23.8. The largest absolute Gasteiger partial charge is 0.355 e. The van der Waals surface area contributed by atoms with E-state index in [9.17, 15) is 9.59 Å². The molecule has 204 valence electrons. The van der Waals surface area contributed by atoms with Crippen molar-refractivity contribution >= 4 is 11.9 Å². The van der Waals surface area contributed by atoms with Crippen molar-refractivity contribution in [3.8, 4) is 0 Å². The fourth-order valence-electron chi connectivity index (χ4n) is 2.88. The van der Waals surface area contributed by atoms with E-state index in [4.69, 9.17) is 9.78 Å². The van der Waals surface area contributed by atoms with E-state index in [0.717, 1.165) is 38.5 Å². The van der Waals surface area contributed by atoms with Gasteiger partial charge in [0.2, 0.25) is 0 Å². The molecule has 0 unspecified atom stereocenters. The van der Waals surface area contributed by atoms with Crippen molar-refractivity contribution in [1.82, 2.24) is 0 Å². The highest BCUT2D eigenvalue weighted by molar-refractivity contribution is 5.72. The van der Waals surface area contributed by atoms with E-state index in [1.54, 1.807) is 0 Å². The van der Waals surface area contributed by atoms with Crippen LogP contribution in [0.25, 0.3) is 0 Å². The van der Waals surface area contributed by atoms with Crippen LogP contribution in [0.15, 0.2) is 0 Å². The Hall–Kier alpha value is -1.14. The van der Waals surface area contributed by atoms with Crippen LogP contribution in [0.1, 0.15) is 158 Å². The predicted molar refractivity (Wildman–Crippen MR) is 139 cm³/mol. The predicted octanol–water partition coefficient (Wildman–Crippen LogP) is 8.80. The number of carbonyl (C=O) groups is 2. The van der Waals surface area contributed by atoms with Gasteiger partial charge in [0.25, 0.3) is 0 Å². The molecule has 0 aromatic heterocycles. The summed E-state index contributed by atoms with van der Waals surface area (Å²) in [5.41, 5.74) is -0.430. The molecule has 0 aromatic rings. The van der Waals surface area contributed by atoms with Gasteiger partial charge >= 0.3 is 11.9 Å². The second kappa shape index (κ2) is 22.3. The molecule has 0 atom stereocenters. The van der Waals surface area contributed by atoms with Gasteiger partial charge in [-0.05, 0) is 54.4 Å². The van der Waals surface area contributed by atoms with Gasteiger partial charge in [0.05, 0.1) is 24.0 Å². The minimum Gasteiger partial charge on any atom is -0.247 e. The molecule has 0 aliphatic heterocycles. The average molecular weight is 489 g/mol. The van der Waals surface area contributed by atoms with E-state index in [1.165, 1.54) is 51.4 Å². The second-order valence-electron chi connectivity index (χ2n) is 11.0. The summed E-state index contributed by atoms with van der Waals surface area (Å²) in [5.74, 6) is -0.868. The molecule has 0 radical (unpaired) electrons. The van der Waals surface area contributed by atoms with Crippen molar-refractivity contribution in [3.05, 3.63) is 0 Å². The van der Waals surface area contributed by atoms with Crippen molar-refractivity contribution in [1.29, 1.82) is 0 Å². The zero-order valence-corrected chi connectivity index (χ0v) is 23.8. The highest BCUT2D eigenvalue weighted by Crippen LogP contribution is 2.14. The molecule has 0 saturated heterocycles. The van der Waals surface area contributed by atoms with Crippen LogP contribution in [0.4, 0.5) is 0 Å². The van der Waals surface area contributed by atoms with Gasteiger partial charge in [-0.25, -0.2) is 29.1 Å². The minimum atomic E-state index is -0.434. The summed E-state index contributed by atoms with van der Waals surface area (Å²) in [6.45, 7) is 16.1. The first-order chi connectivity index (χ1) is 15.9. The van der Waals surface area contributed by atoms with Crippen LogP contribution in [-0.4, -0.2) is 23.1 Å². The first-order valence-corrected chi connectivity index (χ1v) is 13.7. The van der Waals surface area contributed by atoms with Crippen LogP contribution < -0.4 is 0 Å². The van der Waals surface area contributed by atoms with Crippen molar-refractivity contribution in [2.24, 2.45) is 0 Å². The van der Waals surface area contributed by atoms with E-state index in [0.29, 0.717) is 12.8 Å². The van der Waals surface area contributed by atoms with Gasteiger partial charge in [-0.3, -0.25) is 0 Å². The van der Waals surface area contributed by atoms with Gasteiger partial charge in [0.15, 0.2) is 0 Å². The van der Waals surface area contributed by atoms with Gasteiger partial charge < -0.3 is 0 Å². The van der Waals surface area contributed by atoms with Gasteiger partial charge in [0.1, 0.15) is 0 Å². The molecule has 0 N–H and O–H groups in total. The van der Waals surface area contributed by atoms with E-state index >= 15 is 0 Å². The third-order valence-corrected chi connectivity index (χ3v) is 4.74. The third kappa shape index (κ3) is 33.0. The number of rotatable bonds is 17. The second-order valence-corrected chi connectivity index (χ2v) is 11.0. The maximum Gasteiger partial charge on any atom is 0.355 e. The number of carbonyl (C=O) groups excluding carboxylic acids is 2. The van der Waals surface area contributed by atoms with Crippen LogP contribution in [0.2, 0.25) is 0 Å². The fraction of sp³-hybridized carbons (Fsp3) is 0.929. The highest BCUT2D eigenvalue weighted by Gasteiger charge is 2.18. The van der Waals surface area contributed by atoms with Gasteiger partial charge in [-0.15, -0.1) is 0 Å². The lowest BCUT2D eigenvalue weighted by Gasteiger charge is -2.24. The molecular formula is C28H56O6. The Kier molecular flexibility index (Phi) is 23.0. The van der Waals surface area contributed by atoms with Crippen LogP contribution in [0, 0.1) is 0 Å². The SMILES string of the molecule is CC(C)(C)OOC(C)(C)C.CCCCCCCCCC(=O)OOC(=O)CCCCCCCCC. The summed E-state index contributed by atoms with van der Waals surface area (Å²) in [7, 11) is 0. The summed E-state index contributed by atoms with van der Waals surface area (Å²) in [6, 6.07) is 0. The van der Waals surface area contributed by atoms with Gasteiger partial charge in [-0.2, -0.15) is 0 Å². The molecule has 34 heavy (non-hydrogen) atoms. The highest BCUT2D eigenvalue weighted by atomic mass is 17.2. The summed E-state index contributed by atoms with van der Waals surface area (Å²) in [4.78, 5) is 42.2. The number of hydrogen-bond donors (Lipinski definition) is 0. The quantitative estimate of drug-likeness (QED) is 0.116. The standard InChI is InChI=1S/C20H38O4.C8H18O2/c1-3-5-7-9-11-13-15-17-19(21)23-24-20(22)18-16-14-12-10-8-6-4-2;1-7(2,3)9-10-8(4,5)6/h3-18H2,1-2H3;1-6H3. The Labute approximate surface area is 210 Å². The molecule has 6 heteroatoms. The average Bonchev–Trinajstić information content (AvgIpc) is 2.74. The molecule has 0 amide bonds. The van der Waals surface area contributed by atoms with E-state index in [2.05, 4.69) is 23.6 Å². The molecule has 0 aromatic carbocycles. The molecule has 0 bridgehead atoms. The molecule has 0 rings (SSSR count). The number of unbranched alkanes of at least 4 members (excludes halogenated alkanes) is 12. The van der Waals surface area contributed by atoms with Crippen LogP contribution in [0.3, 0.4) is 0 Å². The lowest BCUT2D eigenvalue weighted by Crippen LogP contribution is -2.27. The molecule has 0 spiro atoms. The first kappa shape index (κ1) is 35.0. The maximum atomic E-state index is 11.5. The van der Waals surface area contributed by atoms with Crippen LogP contribution in [-0.2, 0) is 29.1 Å². The van der Waals surface area contributed by atoms with Crippen LogP contribution in [0.5, 0.6) is 0 Å². The third-order valence-electron chi connectivity index (χ3n) is 4.74. The smallest absolute Gasteiger partial charge is 0.247 e. The summed E-state index contributed by atoms with van der Waals surface area (Å²) < 4.78 is 0. The minimum absolute atomic E-state index is 0.215. The van der Waals surface area contributed by atoms with E-state index in [1.807, 2.05) is 41.5 Å². The lowest BCUT2D eigenvalue weighted by molar-refractivity contribution is -0.393. The number of hydrogen-bond acceptors (Lipinski definition) is 6. The summed E-state index contributed by atoms with van der Waals surface area (Å²) in [5, 5.41) is 0. The Bertz CT molecular complexity index is 432. The molecule has 0 aliphatic rings. The Balaban J connectivity index is 0. The van der Waals surface area contributed by atoms with Crippen molar-refractivity contribution < 1.29 is 29.1 Å². The Morgan fingerprint density at radius 3 is 1.00 bits per heavy atom. The molecular weight excluding hydrogens is 432 g/mol. The summed E-state index contributed by atoms with van der Waals surface area (Å²) >= 11 is 0. The molecule has 0 heterocycles. The normalized spacial score (nSPS) is 11.5. The van der Waals surface area contributed by atoms with Crippen molar-refractivity contribution in [2.45, 2.75) is 169 Å². The Morgan fingerprint density at radius 1 is 0.471 bits per heavy atom. The summed E-state index contributed by atoms with van der Waals surface area (Å²) in [6.07, 6.45) is 16.7. The van der Waals surface area contributed by atoms with E-state index in [-0.39, 0.29) is 11.2 Å². The van der Waals surface area contributed by atoms with Gasteiger partial charge in [0, 0.05) is 0 Å². The molecule has 6 nitrogen and oxygen atoms in total. The van der Waals surface area contributed by atoms with Crippen molar-refractivity contribution in [3.63, 3.8) is 0 Å². The van der Waals surface area contributed by atoms with Crippen LogP contribution >= 0.6 is 0 Å². The lowest BCUT2D eigenvalue weighted by atomic mass is 10.1. The molecule has 0 saturated carbocycles. The maximum absolute atomic E-state index is 11.5. The molecule has 0 fully saturated rings. The molecule has 0 aliphatic carbocycles. The van der Waals surface area contributed by atoms with Crippen molar-refractivity contribution in [2.75, 3.05) is 0 Å². The Morgan fingerprint density at radius 2 is 0.735 bits per heavy atom. The monoisotopic (exact) mass is 488 g/mol. The fourth-order valence-corrected chi connectivity index (χ4v) is 2.88. The first-order valence-electron chi connectivity index (χ1n) is 13.7.